The summed E-state index contributed by atoms with van der Waals surface area (Å²) in [5, 5.41) is 3.55. The van der Waals surface area contributed by atoms with Crippen LogP contribution in [0.2, 0.25) is 0 Å². The predicted molar refractivity (Wildman–Crippen MR) is 91.0 cm³/mol. The van der Waals surface area contributed by atoms with E-state index in [9.17, 15) is 0 Å². The number of nitrogens with one attached hydrogen (secondary N) is 1. The quantitative estimate of drug-likeness (QED) is 0.527. The average Bonchev–Trinajstić information content (AvgIpc) is 2.46. The molecule has 1 aromatic heterocycles. The first-order valence-corrected chi connectivity index (χ1v) is 8.92. The van der Waals surface area contributed by atoms with Crippen molar-refractivity contribution in [2.75, 3.05) is 6.54 Å². The molecule has 114 valence electrons. The molecule has 1 rings (SSSR count). The minimum Gasteiger partial charge on any atom is -0.309 e. The van der Waals surface area contributed by atoms with Crippen LogP contribution in [-0.4, -0.2) is 11.5 Å². The number of nitrogens with zero attached hydrogens (tertiary/aromatic N) is 1. The summed E-state index contributed by atoms with van der Waals surface area (Å²) in [6.45, 7) is 5.43. The molecule has 0 saturated carbocycles. The van der Waals surface area contributed by atoms with Crippen LogP contribution in [-0.2, 0) is 0 Å². The number of pyridine rings is 1. The van der Waals surface area contributed by atoms with E-state index in [-0.39, 0.29) is 0 Å². The molecule has 1 aromatic rings. The summed E-state index contributed by atoms with van der Waals surface area (Å²) in [7, 11) is 0. The van der Waals surface area contributed by atoms with E-state index < -0.39 is 0 Å². The van der Waals surface area contributed by atoms with E-state index in [4.69, 9.17) is 0 Å². The van der Waals surface area contributed by atoms with Crippen LogP contribution in [0.25, 0.3) is 0 Å². The van der Waals surface area contributed by atoms with Gasteiger partial charge in [-0.2, -0.15) is 0 Å². The Bertz CT molecular complexity index is 337. The van der Waals surface area contributed by atoms with E-state index in [2.05, 4.69) is 52.2 Å². The summed E-state index contributed by atoms with van der Waals surface area (Å²) in [4.78, 5) is 4.53. The zero-order valence-electron chi connectivity index (χ0n) is 13.0. The van der Waals surface area contributed by atoms with Crippen LogP contribution in [0.15, 0.2) is 22.8 Å². The number of hydrogen-bond acceptors (Lipinski definition) is 2. The van der Waals surface area contributed by atoms with Crippen molar-refractivity contribution < 1.29 is 0 Å². The SMILES string of the molecule is CCCCCCCCCC(NCC)c1ccc(Br)cn1. The summed E-state index contributed by atoms with van der Waals surface area (Å²) < 4.78 is 1.05. The Morgan fingerprint density at radius 3 is 2.35 bits per heavy atom. The van der Waals surface area contributed by atoms with E-state index in [1.165, 1.54) is 57.1 Å². The third-order valence-corrected chi connectivity index (χ3v) is 4.12. The Morgan fingerprint density at radius 1 is 1.05 bits per heavy atom. The molecule has 0 radical (unpaired) electrons. The molecule has 2 nitrogen and oxygen atoms in total. The van der Waals surface area contributed by atoms with Crippen molar-refractivity contribution in [1.29, 1.82) is 0 Å². The Labute approximate surface area is 132 Å². The predicted octanol–water partition coefficient (Wildman–Crippen LogP) is 5.64. The molecule has 0 spiro atoms. The highest BCUT2D eigenvalue weighted by atomic mass is 79.9. The monoisotopic (exact) mass is 340 g/mol. The summed E-state index contributed by atoms with van der Waals surface area (Å²) in [6.07, 6.45) is 12.6. The fourth-order valence-electron chi connectivity index (χ4n) is 2.50. The van der Waals surface area contributed by atoms with Crippen molar-refractivity contribution in [3.05, 3.63) is 28.5 Å². The van der Waals surface area contributed by atoms with E-state index in [0.29, 0.717) is 6.04 Å². The van der Waals surface area contributed by atoms with E-state index in [0.717, 1.165) is 11.0 Å². The van der Waals surface area contributed by atoms with Gasteiger partial charge in [0.2, 0.25) is 0 Å². The van der Waals surface area contributed by atoms with Crippen molar-refractivity contribution in [3.63, 3.8) is 0 Å². The normalized spacial score (nSPS) is 12.6. The smallest absolute Gasteiger partial charge is 0.0574 e. The molecule has 1 unspecified atom stereocenters. The highest BCUT2D eigenvalue weighted by Crippen LogP contribution is 2.20. The number of unbranched alkanes of at least 4 members (excludes halogenated alkanes) is 6. The van der Waals surface area contributed by atoms with Gasteiger partial charge >= 0.3 is 0 Å². The van der Waals surface area contributed by atoms with Gasteiger partial charge in [-0.3, -0.25) is 4.98 Å². The molecule has 0 fully saturated rings. The Hall–Kier alpha value is -0.410. The zero-order valence-corrected chi connectivity index (χ0v) is 14.6. The van der Waals surface area contributed by atoms with E-state index in [1.807, 2.05) is 6.20 Å². The number of rotatable bonds is 11. The number of aromatic nitrogens is 1. The highest BCUT2D eigenvalue weighted by Gasteiger charge is 2.10. The summed E-state index contributed by atoms with van der Waals surface area (Å²) in [6, 6.07) is 4.61. The lowest BCUT2D eigenvalue weighted by atomic mass is 10.0. The van der Waals surface area contributed by atoms with Gasteiger partial charge in [0, 0.05) is 16.7 Å². The van der Waals surface area contributed by atoms with Crippen LogP contribution in [0.5, 0.6) is 0 Å². The summed E-state index contributed by atoms with van der Waals surface area (Å²) >= 11 is 3.44. The van der Waals surface area contributed by atoms with Gasteiger partial charge in [-0.1, -0.05) is 58.8 Å². The zero-order chi connectivity index (χ0) is 14.6. The molecule has 1 heterocycles. The van der Waals surface area contributed by atoms with Crippen molar-refractivity contribution in [1.82, 2.24) is 10.3 Å². The second kappa shape index (κ2) is 11.3. The third kappa shape index (κ3) is 7.39. The standard InChI is InChI=1S/C17H29BrN2/c1-3-5-6-7-8-9-10-11-16(19-4-2)17-13-12-15(18)14-20-17/h12-14,16,19H,3-11H2,1-2H3. The molecular weight excluding hydrogens is 312 g/mol. The van der Waals surface area contributed by atoms with E-state index in [1.54, 1.807) is 0 Å². The van der Waals surface area contributed by atoms with Crippen LogP contribution in [0.3, 0.4) is 0 Å². The molecule has 20 heavy (non-hydrogen) atoms. The number of halogens is 1. The molecule has 0 bridgehead atoms. The van der Waals surface area contributed by atoms with Crippen LogP contribution in [0, 0.1) is 0 Å². The maximum atomic E-state index is 4.53. The van der Waals surface area contributed by atoms with Gasteiger partial charge in [0.1, 0.15) is 0 Å². The Kier molecular flexibility index (Phi) is 9.94. The molecule has 1 N–H and O–H groups in total. The maximum absolute atomic E-state index is 4.53. The van der Waals surface area contributed by atoms with Crippen LogP contribution >= 0.6 is 15.9 Å². The van der Waals surface area contributed by atoms with Gasteiger partial charge in [0.15, 0.2) is 0 Å². The first-order valence-electron chi connectivity index (χ1n) is 8.12. The van der Waals surface area contributed by atoms with Gasteiger partial charge in [-0.05, 0) is 41.0 Å². The molecular formula is C17H29BrN2. The van der Waals surface area contributed by atoms with Crippen molar-refractivity contribution in [2.24, 2.45) is 0 Å². The molecule has 0 saturated heterocycles. The van der Waals surface area contributed by atoms with Crippen LogP contribution < -0.4 is 5.32 Å². The molecule has 0 aliphatic carbocycles. The van der Waals surface area contributed by atoms with Gasteiger partial charge in [0.05, 0.1) is 5.69 Å². The minimum atomic E-state index is 0.406. The molecule has 1 atom stereocenters. The van der Waals surface area contributed by atoms with Crippen molar-refractivity contribution in [2.45, 2.75) is 71.3 Å². The lowest BCUT2D eigenvalue weighted by Crippen LogP contribution is -2.21. The highest BCUT2D eigenvalue weighted by molar-refractivity contribution is 9.10. The fourth-order valence-corrected chi connectivity index (χ4v) is 2.73. The second-order valence-corrected chi connectivity index (χ2v) is 6.34. The van der Waals surface area contributed by atoms with E-state index >= 15 is 0 Å². The average molecular weight is 341 g/mol. The number of hydrogen-bond donors (Lipinski definition) is 1. The Balaban J connectivity index is 2.27. The lowest BCUT2D eigenvalue weighted by Gasteiger charge is -2.17. The van der Waals surface area contributed by atoms with Gasteiger partial charge < -0.3 is 5.32 Å². The molecule has 0 amide bonds. The molecule has 0 aliphatic heterocycles. The van der Waals surface area contributed by atoms with Crippen LogP contribution in [0.4, 0.5) is 0 Å². The second-order valence-electron chi connectivity index (χ2n) is 5.42. The summed E-state index contributed by atoms with van der Waals surface area (Å²) in [5.74, 6) is 0. The maximum Gasteiger partial charge on any atom is 0.0574 e. The minimum absolute atomic E-state index is 0.406. The van der Waals surface area contributed by atoms with Gasteiger partial charge in [0.25, 0.3) is 0 Å². The lowest BCUT2D eigenvalue weighted by molar-refractivity contribution is 0.467. The van der Waals surface area contributed by atoms with Crippen LogP contribution in [0.1, 0.15) is 76.9 Å². The first kappa shape index (κ1) is 17.6. The summed E-state index contributed by atoms with van der Waals surface area (Å²) in [5.41, 5.74) is 1.17. The molecule has 0 aromatic carbocycles. The van der Waals surface area contributed by atoms with Gasteiger partial charge in [-0.15, -0.1) is 0 Å². The molecule has 0 aliphatic rings. The van der Waals surface area contributed by atoms with Gasteiger partial charge in [-0.25, -0.2) is 0 Å². The fraction of sp³-hybridized carbons (Fsp3) is 0.706. The molecule has 3 heteroatoms. The largest absolute Gasteiger partial charge is 0.309 e. The first-order chi connectivity index (χ1) is 9.77. The topological polar surface area (TPSA) is 24.9 Å². The van der Waals surface area contributed by atoms with Crippen molar-refractivity contribution >= 4 is 15.9 Å². The van der Waals surface area contributed by atoms with Crippen molar-refractivity contribution in [3.8, 4) is 0 Å². The Morgan fingerprint density at radius 2 is 1.75 bits per heavy atom. The third-order valence-electron chi connectivity index (χ3n) is 3.65.